The Morgan fingerprint density at radius 2 is 0.667 bits per heavy atom. The lowest BCUT2D eigenvalue weighted by atomic mass is 9.85. The fourth-order valence-electron chi connectivity index (χ4n) is 7.00. The summed E-state index contributed by atoms with van der Waals surface area (Å²) in [6.07, 6.45) is 0. The fourth-order valence-corrected chi connectivity index (χ4v) is 7.00. The number of fused-ring (bicyclic) bond motifs is 5. The van der Waals surface area contributed by atoms with Gasteiger partial charge in [0.05, 0.1) is 0 Å². The van der Waals surface area contributed by atoms with Crippen molar-refractivity contribution in [3.8, 4) is 44.5 Å². The van der Waals surface area contributed by atoms with E-state index in [0.717, 1.165) is 21.9 Å². The summed E-state index contributed by atoms with van der Waals surface area (Å²) in [6, 6.07) is 61.1. The Bertz CT molecular complexity index is 2480. The molecule has 0 N–H and O–H groups in total. The third-order valence-corrected chi connectivity index (χ3v) is 9.05. The average Bonchev–Trinajstić information content (AvgIpc) is 3.49. The van der Waals surface area contributed by atoms with Gasteiger partial charge in [0, 0.05) is 10.8 Å². The molecule has 0 aliphatic heterocycles. The van der Waals surface area contributed by atoms with Crippen molar-refractivity contribution < 1.29 is 4.42 Å². The Balaban J connectivity index is 1.26. The Hall–Kier alpha value is -5.92. The predicted octanol–water partition coefficient (Wildman–Crippen LogP) is 12.6. The predicted molar refractivity (Wildman–Crippen MR) is 190 cm³/mol. The smallest absolute Gasteiger partial charge is 0.135 e. The summed E-state index contributed by atoms with van der Waals surface area (Å²) in [7, 11) is 0. The Morgan fingerprint density at radius 1 is 0.244 bits per heavy atom. The van der Waals surface area contributed by atoms with Gasteiger partial charge < -0.3 is 4.42 Å². The monoisotopic (exact) mass is 572 g/mol. The molecule has 210 valence electrons. The first-order chi connectivity index (χ1) is 22.3. The zero-order valence-electron chi connectivity index (χ0n) is 24.6. The lowest BCUT2D eigenvalue weighted by Crippen LogP contribution is -1.91. The molecule has 1 heteroatoms. The highest BCUT2D eigenvalue weighted by Gasteiger charge is 2.17. The van der Waals surface area contributed by atoms with E-state index in [4.69, 9.17) is 4.42 Å². The maximum absolute atomic E-state index is 6.11. The summed E-state index contributed by atoms with van der Waals surface area (Å²) in [5.41, 5.74) is 11.6. The first-order valence-corrected chi connectivity index (χ1v) is 15.4. The first kappa shape index (κ1) is 25.6. The molecule has 1 nitrogen and oxygen atoms in total. The van der Waals surface area contributed by atoms with Crippen LogP contribution in [0.3, 0.4) is 0 Å². The number of hydrogen-bond acceptors (Lipinski definition) is 1. The van der Waals surface area contributed by atoms with Crippen molar-refractivity contribution in [1.82, 2.24) is 0 Å². The van der Waals surface area contributed by atoms with Gasteiger partial charge in [0.2, 0.25) is 0 Å². The molecule has 0 aliphatic rings. The third-order valence-electron chi connectivity index (χ3n) is 9.05. The summed E-state index contributed by atoms with van der Waals surface area (Å²) >= 11 is 0. The molecule has 0 fully saturated rings. The zero-order chi connectivity index (χ0) is 29.7. The van der Waals surface area contributed by atoms with E-state index < -0.39 is 0 Å². The molecule has 1 heterocycles. The van der Waals surface area contributed by atoms with Crippen molar-refractivity contribution in [1.29, 1.82) is 0 Å². The van der Waals surface area contributed by atoms with Gasteiger partial charge in [-0.15, -0.1) is 0 Å². The van der Waals surface area contributed by atoms with Gasteiger partial charge in [-0.25, -0.2) is 0 Å². The van der Waals surface area contributed by atoms with Crippen molar-refractivity contribution in [2.45, 2.75) is 0 Å². The molecule has 0 spiro atoms. The SMILES string of the molecule is c1ccc(-c2cccc(-c3c4ccccc4c(-c4cccc(-c5ccc6oc7ccccc7c6c5)c4)c4ccccc34)c2)cc1. The van der Waals surface area contributed by atoms with Crippen LogP contribution in [0.15, 0.2) is 174 Å². The Morgan fingerprint density at radius 3 is 1.27 bits per heavy atom. The van der Waals surface area contributed by atoms with Gasteiger partial charge in [-0.1, -0.05) is 140 Å². The second-order valence-electron chi connectivity index (χ2n) is 11.7. The van der Waals surface area contributed by atoms with E-state index in [1.807, 2.05) is 12.1 Å². The molecule has 0 radical (unpaired) electrons. The molecule has 0 saturated heterocycles. The molecular formula is C44H28O. The number of rotatable bonds is 4. The van der Waals surface area contributed by atoms with Crippen LogP contribution in [0.5, 0.6) is 0 Å². The van der Waals surface area contributed by atoms with E-state index in [1.54, 1.807) is 0 Å². The molecule has 0 saturated carbocycles. The summed E-state index contributed by atoms with van der Waals surface area (Å²) < 4.78 is 6.11. The molecule has 45 heavy (non-hydrogen) atoms. The maximum Gasteiger partial charge on any atom is 0.135 e. The van der Waals surface area contributed by atoms with E-state index >= 15 is 0 Å². The van der Waals surface area contributed by atoms with Crippen LogP contribution in [0.4, 0.5) is 0 Å². The van der Waals surface area contributed by atoms with Crippen LogP contribution < -0.4 is 0 Å². The second kappa shape index (κ2) is 10.4. The third kappa shape index (κ3) is 4.24. The molecule has 8 aromatic carbocycles. The minimum absolute atomic E-state index is 0.917. The molecule has 0 unspecified atom stereocenters. The summed E-state index contributed by atoms with van der Waals surface area (Å²) in [5, 5.41) is 7.32. The summed E-state index contributed by atoms with van der Waals surface area (Å²) in [5.74, 6) is 0. The van der Waals surface area contributed by atoms with E-state index in [0.29, 0.717) is 0 Å². The van der Waals surface area contributed by atoms with Gasteiger partial charge in [0.15, 0.2) is 0 Å². The highest BCUT2D eigenvalue weighted by molar-refractivity contribution is 6.21. The first-order valence-electron chi connectivity index (χ1n) is 15.4. The van der Waals surface area contributed by atoms with Crippen LogP contribution in [0.1, 0.15) is 0 Å². The van der Waals surface area contributed by atoms with Crippen molar-refractivity contribution in [2.75, 3.05) is 0 Å². The van der Waals surface area contributed by atoms with E-state index in [-0.39, 0.29) is 0 Å². The lowest BCUT2D eigenvalue weighted by Gasteiger charge is -2.18. The van der Waals surface area contributed by atoms with Crippen LogP contribution >= 0.6 is 0 Å². The zero-order valence-corrected chi connectivity index (χ0v) is 24.6. The van der Waals surface area contributed by atoms with E-state index in [1.165, 1.54) is 66.1 Å². The molecule has 0 atom stereocenters. The molecule has 0 bridgehead atoms. The Kier molecular flexibility index (Phi) is 5.89. The van der Waals surface area contributed by atoms with Crippen LogP contribution in [0.25, 0.3) is 88.0 Å². The second-order valence-corrected chi connectivity index (χ2v) is 11.7. The highest BCUT2D eigenvalue weighted by Crippen LogP contribution is 2.45. The number of benzene rings is 8. The fraction of sp³-hybridized carbons (Fsp3) is 0. The minimum atomic E-state index is 0.917. The number of para-hydroxylation sites is 1. The topological polar surface area (TPSA) is 13.1 Å². The van der Waals surface area contributed by atoms with Crippen molar-refractivity contribution in [2.24, 2.45) is 0 Å². The quantitative estimate of drug-likeness (QED) is 0.191. The standard InChI is InChI=1S/C44H28O/c1-2-12-29(13-3-1)30-14-10-16-33(26-30)43-36-19-4-6-21-38(36)44(39-22-7-5-20-37(39)43)34-17-11-15-31(27-34)32-24-25-42-40(28-32)35-18-8-9-23-41(35)45-42/h1-28H. The van der Waals surface area contributed by atoms with E-state index in [9.17, 15) is 0 Å². The van der Waals surface area contributed by atoms with Gasteiger partial charge in [0.1, 0.15) is 11.2 Å². The lowest BCUT2D eigenvalue weighted by molar-refractivity contribution is 0.669. The Labute approximate surface area is 261 Å². The van der Waals surface area contributed by atoms with E-state index in [2.05, 4.69) is 158 Å². The molecule has 0 aliphatic carbocycles. The van der Waals surface area contributed by atoms with Crippen LogP contribution in [-0.4, -0.2) is 0 Å². The largest absolute Gasteiger partial charge is 0.456 e. The van der Waals surface area contributed by atoms with Crippen molar-refractivity contribution in [3.05, 3.63) is 170 Å². The highest BCUT2D eigenvalue weighted by atomic mass is 16.3. The van der Waals surface area contributed by atoms with Crippen LogP contribution in [0.2, 0.25) is 0 Å². The molecule has 1 aromatic heterocycles. The number of furan rings is 1. The summed E-state index contributed by atoms with van der Waals surface area (Å²) in [4.78, 5) is 0. The molecular weight excluding hydrogens is 544 g/mol. The van der Waals surface area contributed by atoms with Gasteiger partial charge in [-0.05, 0) is 96.4 Å². The van der Waals surface area contributed by atoms with Gasteiger partial charge in [-0.3, -0.25) is 0 Å². The number of hydrogen-bond donors (Lipinski definition) is 0. The summed E-state index contributed by atoms with van der Waals surface area (Å²) in [6.45, 7) is 0. The van der Waals surface area contributed by atoms with Gasteiger partial charge >= 0.3 is 0 Å². The minimum Gasteiger partial charge on any atom is -0.456 e. The van der Waals surface area contributed by atoms with Gasteiger partial charge in [0.25, 0.3) is 0 Å². The molecule has 0 amide bonds. The molecule has 9 rings (SSSR count). The average molecular weight is 573 g/mol. The van der Waals surface area contributed by atoms with Crippen LogP contribution in [-0.2, 0) is 0 Å². The van der Waals surface area contributed by atoms with Crippen LogP contribution in [0, 0.1) is 0 Å². The maximum atomic E-state index is 6.11. The van der Waals surface area contributed by atoms with Crippen molar-refractivity contribution in [3.63, 3.8) is 0 Å². The van der Waals surface area contributed by atoms with Gasteiger partial charge in [-0.2, -0.15) is 0 Å². The normalized spacial score (nSPS) is 11.6. The van der Waals surface area contributed by atoms with Crippen molar-refractivity contribution >= 4 is 43.5 Å². The molecule has 9 aromatic rings.